The topological polar surface area (TPSA) is 29.1 Å². The van der Waals surface area contributed by atoms with Gasteiger partial charge in [0.2, 0.25) is 0 Å². The minimum atomic E-state index is 0.739. The minimum Gasteiger partial charge on any atom is -0.391 e. The van der Waals surface area contributed by atoms with Crippen LogP contribution in [-0.2, 0) is 4.79 Å². The summed E-state index contributed by atoms with van der Waals surface area (Å²) in [7, 11) is 0. The van der Waals surface area contributed by atoms with Gasteiger partial charge in [0.1, 0.15) is 6.29 Å². The Bertz CT molecular complexity index is 68.5. The first-order chi connectivity index (χ1) is 3.41. The summed E-state index contributed by atoms with van der Waals surface area (Å²) >= 11 is 0. The van der Waals surface area contributed by atoms with Crippen LogP contribution in [0.3, 0.4) is 0 Å². The highest BCUT2D eigenvalue weighted by molar-refractivity contribution is 5.64. The first-order valence-corrected chi connectivity index (χ1v) is 2.25. The molecule has 0 saturated heterocycles. The van der Waals surface area contributed by atoms with E-state index in [9.17, 15) is 4.79 Å². The van der Waals surface area contributed by atoms with Gasteiger partial charge in [0.15, 0.2) is 0 Å². The van der Waals surface area contributed by atoms with Gasteiger partial charge in [0.25, 0.3) is 0 Å². The van der Waals surface area contributed by atoms with Gasteiger partial charge in [-0.1, -0.05) is 0 Å². The molecule has 40 valence electrons. The number of allylic oxidation sites excluding steroid dienone is 1. The van der Waals surface area contributed by atoms with Crippen LogP contribution in [0.15, 0.2) is 12.3 Å². The maximum atomic E-state index is 9.55. The number of carbonyl (C=O) groups excluding carboxylic acids is 1. The molecule has 0 aliphatic carbocycles. The average Bonchev–Trinajstić information content (AvgIpc) is 1.69. The largest absolute Gasteiger partial charge is 0.391 e. The number of aldehydes is 1. The lowest BCUT2D eigenvalue weighted by atomic mass is 10.6. The summed E-state index contributed by atoms with van der Waals surface area (Å²) < 4.78 is 0. The van der Waals surface area contributed by atoms with E-state index >= 15 is 0 Å². The van der Waals surface area contributed by atoms with Crippen molar-refractivity contribution in [2.24, 2.45) is 0 Å². The van der Waals surface area contributed by atoms with Crippen LogP contribution in [0, 0.1) is 0 Å². The lowest BCUT2D eigenvalue weighted by Crippen LogP contribution is -2.01. The van der Waals surface area contributed by atoms with E-state index in [1.165, 1.54) is 6.08 Å². The van der Waals surface area contributed by atoms with Crippen LogP contribution in [-0.4, -0.2) is 12.8 Å². The van der Waals surface area contributed by atoms with E-state index in [1.807, 2.05) is 6.92 Å². The quantitative estimate of drug-likeness (QED) is 0.407. The summed E-state index contributed by atoms with van der Waals surface area (Å²) in [6, 6.07) is 0. The molecule has 0 aliphatic heterocycles. The number of hydrogen-bond acceptors (Lipinski definition) is 2. The zero-order valence-electron chi connectivity index (χ0n) is 4.35. The Morgan fingerprint density at radius 2 is 2.43 bits per heavy atom. The molecular formula is C5H9NO. The Morgan fingerprint density at radius 1 is 1.71 bits per heavy atom. The van der Waals surface area contributed by atoms with E-state index < -0.39 is 0 Å². The van der Waals surface area contributed by atoms with Gasteiger partial charge in [-0.15, -0.1) is 0 Å². The van der Waals surface area contributed by atoms with Crippen LogP contribution in [0.2, 0.25) is 0 Å². The molecule has 0 spiro atoms. The van der Waals surface area contributed by atoms with E-state index in [0.717, 1.165) is 12.8 Å². The molecule has 0 fully saturated rings. The summed E-state index contributed by atoms with van der Waals surface area (Å²) in [6.45, 7) is 2.83. The Kier molecular flexibility index (Phi) is 4.62. The number of carbonyl (C=O) groups is 1. The SMILES string of the molecule is CCN/C=C/C=O. The highest BCUT2D eigenvalue weighted by Gasteiger charge is 1.62. The normalized spacial score (nSPS) is 9.29. The third-order valence-corrected chi connectivity index (χ3v) is 0.497. The first kappa shape index (κ1) is 6.21. The van der Waals surface area contributed by atoms with Crippen LogP contribution >= 0.6 is 0 Å². The summed E-state index contributed by atoms with van der Waals surface area (Å²) in [5.41, 5.74) is 0. The smallest absolute Gasteiger partial charge is 0.144 e. The number of hydrogen-bond donors (Lipinski definition) is 1. The second kappa shape index (κ2) is 5.21. The summed E-state index contributed by atoms with van der Waals surface area (Å²) in [4.78, 5) is 9.55. The zero-order chi connectivity index (χ0) is 5.54. The number of rotatable bonds is 3. The van der Waals surface area contributed by atoms with E-state index in [-0.39, 0.29) is 0 Å². The lowest BCUT2D eigenvalue weighted by Gasteiger charge is -1.85. The third kappa shape index (κ3) is 5.21. The van der Waals surface area contributed by atoms with Crippen LogP contribution in [0.1, 0.15) is 6.92 Å². The van der Waals surface area contributed by atoms with Gasteiger partial charge >= 0.3 is 0 Å². The lowest BCUT2D eigenvalue weighted by molar-refractivity contribution is -0.104. The van der Waals surface area contributed by atoms with Crippen molar-refractivity contribution in [1.29, 1.82) is 0 Å². The van der Waals surface area contributed by atoms with Crippen molar-refractivity contribution in [3.63, 3.8) is 0 Å². The molecule has 0 saturated carbocycles. The molecule has 0 radical (unpaired) electrons. The van der Waals surface area contributed by atoms with Crippen LogP contribution in [0.4, 0.5) is 0 Å². The maximum absolute atomic E-state index is 9.55. The molecule has 7 heavy (non-hydrogen) atoms. The van der Waals surface area contributed by atoms with Gasteiger partial charge in [-0.25, -0.2) is 0 Å². The molecule has 0 aromatic carbocycles. The monoisotopic (exact) mass is 99.1 g/mol. The van der Waals surface area contributed by atoms with Gasteiger partial charge in [-0.2, -0.15) is 0 Å². The van der Waals surface area contributed by atoms with Gasteiger partial charge < -0.3 is 5.32 Å². The van der Waals surface area contributed by atoms with Crippen molar-refractivity contribution in [2.75, 3.05) is 6.54 Å². The van der Waals surface area contributed by atoms with Crippen molar-refractivity contribution in [2.45, 2.75) is 6.92 Å². The molecule has 0 rings (SSSR count). The van der Waals surface area contributed by atoms with Crippen molar-refractivity contribution >= 4 is 6.29 Å². The molecule has 2 heteroatoms. The second-order valence-electron chi connectivity index (χ2n) is 1.05. The fourth-order valence-electron chi connectivity index (χ4n) is 0.225. The predicted molar refractivity (Wildman–Crippen MR) is 28.9 cm³/mol. The zero-order valence-corrected chi connectivity index (χ0v) is 4.35. The molecule has 0 heterocycles. The molecule has 1 N–H and O–H groups in total. The minimum absolute atomic E-state index is 0.739. The molecule has 0 aromatic heterocycles. The van der Waals surface area contributed by atoms with E-state index in [1.54, 1.807) is 6.20 Å². The standard InChI is InChI=1S/C5H9NO/c1-2-6-4-3-5-7/h3-6H,2H2,1H3/b4-3+. The molecular weight excluding hydrogens is 90.1 g/mol. The Balaban J connectivity index is 2.92. The summed E-state index contributed by atoms with van der Waals surface area (Å²) in [5.74, 6) is 0. The van der Waals surface area contributed by atoms with Crippen molar-refractivity contribution in [3.8, 4) is 0 Å². The molecule has 2 nitrogen and oxygen atoms in total. The summed E-state index contributed by atoms with van der Waals surface area (Å²) in [5, 5.41) is 2.84. The highest BCUT2D eigenvalue weighted by atomic mass is 16.1. The van der Waals surface area contributed by atoms with E-state index in [0.29, 0.717) is 0 Å². The fraction of sp³-hybridized carbons (Fsp3) is 0.400. The fourth-order valence-corrected chi connectivity index (χ4v) is 0.225. The molecule has 0 unspecified atom stereocenters. The van der Waals surface area contributed by atoms with Crippen molar-refractivity contribution in [3.05, 3.63) is 12.3 Å². The van der Waals surface area contributed by atoms with Gasteiger partial charge in [-0.3, -0.25) is 4.79 Å². The Labute approximate surface area is 43.2 Å². The molecule has 0 aromatic rings. The molecule has 0 aliphatic rings. The highest BCUT2D eigenvalue weighted by Crippen LogP contribution is 1.57. The second-order valence-corrected chi connectivity index (χ2v) is 1.05. The molecule has 0 amide bonds. The molecule has 0 atom stereocenters. The van der Waals surface area contributed by atoms with Crippen LogP contribution < -0.4 is 5.32 Å². The van der Waals surface area contributed by atoms with E-state index in [2.05, 4.69) is 5.32 Å². The van der Waals surface area contributed by atoms with Crippen LogP contribution in [0.25, 0.3) is 0 Å². The van der Waals surface area contributed by atoms with Crippen molar-refractivity contribution < 1.29 is 4.79 Å². The average molecular weight is 99.1 g/mol. The Morgan fingerprint density at radius 3 is 2.86 bits per heavy atom. The van der Waals surface area contributed by atoms with E-state index in [4.69, 9.17) is 0 Å². The third-order valence-electron chi connectivity index (χ3n) is 0.497. The van der Waals surface area contributed by atoms with Gasteiger partial charge in [0.05, 0.1) is 0 Å². The number of nitrogens with one attached hydrogen (secondary N) is 1. The maximum Gasteiger partial charge on any atom is 0.144 e. The van der Waals surface area contributed by atoms with Gasteiger partial charge in [0, 0.05) is 6.54 Å². The molecule has 0 bridgehead atoms. The van der Waals surface area contributed by atoms with Crippen LogP contribution in [0.5, 0.6) is 0 Å². The Hall–Kier alpha value is -0.790. The van der Waals surface area contributed by atoms with Gasteiger partial charge in [-0.05, 0) is 19.2 Å². The predicted octanol–water partition coefficient (Wildman–Crippen LogP) is 0.309. The summed E-state index contributed by atoms with van der Waals surface area (Å²) in [6.07, 6.45) is 3.78. The first-order valence-electron chi connectivity index (χ1n) is 2.25. The van der Waals surface area contributed by atoms with Crippen molar-refractivity contribution in [1.82, 2.24) is 5.32 Å².